The number of nitrogens with zero attached hydrogens (tertiary/aromatic N) is 5. The number of rotatable bonds is 3. The van der Waals surface area contributed by atoms with Gasteiger partial charge in [-0.15, -0.1) is 5.10 Å². The molecule has 0 aliphatic carbocycles. The van der Waals surface area contributed by atoms with E-state index in [0.717, 1.165) is 22.0 Å². The van der Waals surface area contributed by atoms with Crippen molar-refractivity contribution in [3.05, 3.63) is 29.0 Å². The minimum absolute atomic E-state index is 0.107. The van der Waals surface area contributed by atoms with E-state index in [1.54, 1.807) is 16.4 Å². The fraction of sp³-hybridized carbons (Fsp3) is 0.273. The van der Waals surface area contributed by atoms with Gasteiger partial charge in [0.2, 0.25) is 0 Å². The summed E-state index contributed by atoms with van der Waals surface area (Å²) in [5.41, 5.74) is 1.83. The molecule has 0 aliphatic rings. The molecule has 0 bridgehead atoms. The van der Waals surface area contributed by atoms with Crippen molar-refractivity contribution in [1.29, 1.82) is 0 Å². The second-order valence-electron chi connectivity index (χ2n) is 4.12. The van der Waals surface area contributed by atoms with E-state index < -0.39 is 0 Å². The molecular formula is C11H11ClN6S. The van der Waals surface area contributed by atoms with Gasteiger partial charge >= 0.3 is 0 Å². The van der Waals surface area contributed by atoms with Gasteiger partial charge < -0.3 is 4.98 Å². The molecule has 98 valence electrons. The highest BCUT2D eigenvalue weighted by atomic mass is 35.5. The monoisotopic (exact) mass is 294 g/mol. The molecule has 0 fully saturated rings. The summed E-state index contributed by atoms with van der Waals surface area (Å²) in [7, 11) is 1.82. The third-order valence-electron chi connectivity index (χ3n) is 2.73. The molecule has 3 aromatic rings. The van der Waals surface area contributed by atoms with Crippen LogP contribution >= 0.6 is 23.4 Å². The van der Waals surface area contributed by atoms with Gasteiger partial charge in [-0.05, 0) is 35.5 Å². The molecule has 8 heteroatoms. The normalized spacial score (nSPS) is 13.0. The highest BCUT2D eigenvalue weighted by Gasteiger charge is 2.16. The van der Waals surface area contributed by atoms with E-state index in [2.05, 4.69) is 25.5 Å². The first-order valence-electron chi connectivity index (χ1n) is 5.67. The van der Waals surface area contributed by atoms with Gasteiger partial charge in [-0.3, -0.25) is 0 Å². The van der Waals surface area contributed by atoms with Crippen LogP contribution in [0.15, 0.2) is 23.4 Å². The molecule has 1 N–H and O–H groups in total. The van der Waals surface area contributed by atoms with E-state index >= 15 is 0 Å². The number of aryl methyl sites for hydroxylation is 1. The van der Waals surface area contributed by atoms with Crippen molar-refractivity contribution in [2.75, 3.05) is 0 Å². The number of H-pyrrole nitrogens is 1. The molecule has 6 nitrogen and oxygen atoms in total. The van der Waals surface area contributed by atoms with Crippen molar-refractivity contribution in [2.45, 2.75) is 17.3 Å². The van der Waals surface area contributed by atoms with E-state index in [0.29, 0.717) is 5.02 Å². The van der Waals surface area contributed by atoms with Crippen molar-refractivity contribution in [3.63, 3.8) is 0 Å². The number of aromatic amines is 1. The number of fused-ring (bicyclic) bond motifs is 1. The minimum atomic E-state index is 0.107. The number of imidazole rings is 1. The van der Waals surface area contributed by atoms with Crippen molar-refractivity contribution in [3.8, 4) is 0 Å². The van der Waals surface area contributed by atoms with Gasteiger partial charge in [0.25, 0.3) is 0 Å². The van der Waals surface area contributed by atoms with Gasteiger partial charge in [-0.2, -0.15) is 0 Å². The van der Waals surface area contributed by atoms with Gasteiger partial charge in [-0.1, -0.05) is 23.4 Å². The lowest BCUT2D eigenvalue weighted by molar-refractivity contribution is 0.678. The van der Waals surface area contributed by atoms with E-state index in [4.69, 9.17) is 11.6 Å². The van der Waals surface area contributed by atoms with Crippen molar-refractivity contribution < 1.29 is 0 Å². The fourth-order valence-electron chi connectivity index (χ4n) is 1.82. The average Bonchev–Trinajstić information content (AvgIpc) is 2.94. The summed E-state index contributed by atoms with van der Waals surface area (Å²) in [5, 5.41) is 13.1. The van der Waals surface area contributed by atoms with E-state index in [9.17, 15) is 0 Å². The van der Waals surface area contributed by atoms with Crippen molar-refractivity contribution in [1.82, 2.24) is 30.2 Å². The first-order chi connectivity index (χ1) is 9.13. The van der Waals surface area contributed by atoms with Gasteiger partial charge in [0.15, 0.2) is 11.0 Å². The second-order valence-corrected chi connectivity index (χ2v) is 5.89. The van der Waals surface area contributed by atoms with E-state index in [1.807, 2.05) is 32.2 Å². The Balaban J connectivity index is 1.87. The molecule has 0 spiro atoms. The predicted molar refractivity (Wildman–Crippen MR) is 74.2 cm³/mol. The van der Waals surface area contributed by atoms with Gasteiger partial charge in [-0.25, -0.2) is 9.67 Å². The number of thioether (sulfide) groups is 1. The number of hydrogen-bond acceptors (Lipinski definition) is 5. The molecule has 0 unspecified atom stereocenters. The number of aromatic nitrogens is 6. The lowest BCUT2D eigenvalue weighted by atomic mass is 10.3. The topological polar surface area (TPSA) is 72.3 Å². The Morgan fingerprint density at radius 2 is 2.26 bits per heavy atom. The lowest BCUT2D eigenvalue weighted by Gasteiger charge is -2.06. The van der Waals surface area contributed by atoms with Crippen molar-refractivity contribution >= 4 is 34.4 Å². The zero-order chi connectivity index (χ0) is 13.4. The van der Waals surface area contributed by atoms with Crippen LogP contribution in [0.25, 0.3) is 11.0 Å². The highest BCUT2D eigenvalue weighted by molar-refractivity contribution is 7.99. The van der Waals surface area contributed by atoms with Crippen LogP contribution in [-0.2, 0) is 7.05 Å². The summed E-state index contributed by atoms with van der Waals surface area (Å²) >= 11 is 7.53. The number of halogens is 1. The lowest BCUT2D eigenvalue weighted by Crippen LogP contribution is -2.01. The van der Waals surface area contributed by atoms with Gasteiger partial charge in [0, 0.05) is 12.1 Å². The maximum atomic E-state index is 5.95. The van der Waals surface area contributed by atoms with Crippen LogP contribution in [0, 0.1) is 0 Å². The smallest absolute Gasteiger partial charge is 0.167 e. The summed E-state index contributed by atoms with van der Waals surface area (Å²) in [4.78, 5) is 7.74. The van der Waals surface area contributed by atoms with Crippen LogP contribution in [0.1, 0.15) is 18.0 Å². The molecule has 2 heterocycles. The van der Waals surface area contributed by atoms with Crippen LogP contribution in [0.3, 0.4) is 0 Å². The highest BCUT2D eigenvalue weighted by Crippen LogP contribution is 2.32. The molecule has 0 aliphatic heterocycles. The van der Waals surface area contributed by atoms with Crippen LogP contribution in [-0.4, -0.2) is 30.2 Å². The van der Waals surface area contributed by atoms with Crippen LogP contribution < -0.4 is 0 Å². The molecule has 1 aromatic carbocycles. The third-order valence-corrected chi connectivity index (χ3v) is 3.94. The Morgan fingerprint density at radius 1 is 1.42 bits per heavy atom. The second kappa shape index (κ2) is 4.82. The van der Waals surface area contributed by atoms with Crippen molar-refractivity contribution in [2.24, 2.45) is 7.05 Å². The third kappa shape index (κ3) is 2.43. The summed E-state index contributed by atoms with van der Waals surface area (Å²) in [5.74, 6) is 0.809. The zero-order valence-electron chi connectivity index (χ0n) is 10.3. The summed E-state index contributed by atoms with van der Waals surface area (Å²) < 4.78 is 1.66. The van der Waals surface area contributed by atoms with E-state index in [1.165, 1.54) is 0 Å². The first-order valence-corrected chi connectivity index (χ1v) is 6.93. The molecule has 0 saturated heterocycles. The maximum Gasteiger partial charge on any atom is 0.167 e. The number of benzene rings is 1. The fourth-order valence-corrected chi connectivity index (χ4v) is 2.95. The summed E-state index contributed by atoms with van der Waals surface area (Å²) in [6.07, 6.45) is 0. The molecule has 3 rings (SSSR count). The Hall–Kier alpha value is -1.60. The first kappa shape index (κ1) is 12.4. The molecule has 0 saturated carbocycles. The Bertz CT molecular complexity index is 721. The Kier molecular flexibility index (Phi) is 3.16. The predicted octanol–water partition coefficient (Wildman–Crippen LogP) is 2.59. The summed E-state index contributed by atoms with van der Waals surface area (Å²) in [6.45, 7) is 2.04. The van der Waals surface area contributed by atoms with Crippen LogP contribution in [0.4, 0.5) is 0 Å². The molecule has 2 aromatic heterocycles. The number of tetrazole rings is 1. The van der Waals surface area contributed by atoms with Crippen LogP contribution in [0.5, 0.6) is 0 Å². The summed E-state index contributed by atoms with van der Waals surface area (Å²) in [6, 6.07) is 5.59. The Morgan fingerprint density at radius 3 is 3.00 bits per heavy atom. The molecule has 0 amide bonds. The maximum absolute atomic E-state index is 5.95. The standard InChI is InChI=1S/C11H11ClN6S/c1-6(10-15-16-17-18(10)2)19-11-13-8-4-3-7(12)5-9(8)14-11/h3-6H,1-2H3,(H,13,14)/t6-/m0/s1. The average molecular weight is 295 g/mol. The Labute approximate surface area is 118 Å². The number of hydrogen-bond donors (Lipinski definition) is 1. The SMILES string of the molecule is C[C@H](Sc1nc2ccc(Cl)cc2[nH]1)c1nnnn1C. The molecule has 1 atom stereocenters. The minimum Gasteiger partial charge on any atom is -0.333 e. The largest absolute Gasteiger partial charge is 0.333 e. The van der Waals surface area contributed by atoms with Crippen LogP contribution in [0.2, 0.25) is 5.02 Å². The molecule has 19 heavy (non-hydrogen) atoms. The molecule has 0 radical (unpaired) electrons. The molecular weight excluding hydrogens is 284 g/mol. The van der Waals surface area contributed by atoms with E-state index in [-0.39, 0.29) is 5.25 Å². The zero-order valence-corrected chi connectivity index (χ0v) is 11.9. The van der Waals surface area contributed by atoms with Gasteiger partial charge in [0.05, 0.1) is 16.3 Å². The van der Waals surface area contributed by atoms with Gasteiger partial charge in [0.1, 0.15) is 0 Å². The number of nitrogens with one attached hydrogen (secondary N) is 1. The quantitative estimate of drug-likeness (QED) is 0.752.